The lowest BCUT2D eigenvalue weighted by Crippen LogP contribution is -2.41. The van der Waals surface area contributed by atoms with Gasteiger partial charge in [-0.05, 0) is 42.5 Å². The van der Waals surface area contributed by atoms with E-state index in [0.29, 0.717) is 18.6 Å². The molecule has 0 saturated heterocycles. The van der Waals surface area contributed by atoms with Crippen molar-refractivity contribution in [3.8, 4) is 5.75 Å². The first-order valence-electron chi connectivity index (χ1n) is 9.08. The number of nitrogens with zero attached hydrogens (tertiary/aromatic N) is 2. The highest BCUT2D eigenvalue weighted by Crippen LogP contribution is 2.49. The van der Waals surface area contributed by atoms with Crippen LogP contribution in [0.3, 0.4) is 0 Å². The Labute approximate surface area is 170 Å². The molecule has 3 aliphatic rings. The normalized spacial score (nSPS) is 28.7. The molecule has 1 aromatic rings. The molecule has 4 rings (SSSR count). The van der Waals surface area contributed by atoms with Crippen molar-refractivity contribution in [1.29, 1.82) is 0 Å². The zero-order valence-electron chi connectivity index (χ0n) is 15.4. The van der Waals surface area contributed by atoms with Crippen LogP contribution in [0.5, 0.6) is 5.75 Å². The van der Waals surface area contributed by atoms with Crippen LogP contribution in [-0.2, 0) is 4.79 Å². The van der Waals surface area contributed by atoms with Gasteiger partial charge in [0.1, 0.15) is 11.6 Å². The van der Waals surface area contributed by atoms with Crippen molar-refractivity contribution in [1.82, 2.24) is 4.90 Å². The van der Waals surface area contributed by atoms with Crippen molar-refractivity contribution in [2.45, 2.75) is 31.1 Å². The molecule has 154 valence electrons. The number of methoxy groups -OCH3 is 1. The predicted molar refractivity (Wildman–Crippen MR) is 101 cm³/mol. The number of aliphatic imine (C=N–C) groups is 1. The number of ether oxygens (including phenoxy) is 1. The Morgan fingerprint density at radius 1 is 1.28 bits per heavy atom. The minimum absolute atomic E-state index is 0.101. The molecule has 9 heteroatoms. The van der Waals surface area contributed by atoms with Gasteiger partial charge in [-0.3, -0.25) is 9.79 Å². The van der Waals surface area contributed by atoms with E-state index in [1.54, 1.807) is 24.3 Å². The number of benzene rings is 1. The summed E-state index contributed by atoms with van der Waals surface area (Å²) in [5, 5.41) is 9.16. The number of aliphatic carboxylic acids is 1. The summed E-state index contributed by atoms with van der Waals surface area (Å²) in [4.78, 5) is 17.3. The fourth-order valence-electron chi connectivity index (χ4n) is 3.96. The van der Waals surface area contributed by atoms with Gasteiger partial charge in [0, 0.05) is 6.20 Å². The number of carbonyl (C=O) groups is 1. The van der Waals surface area contributed by atoms with Crippen LogP contribution in [0, 0.1) is 11.8 Å². The molecule has 2 aliphatic heterocycles. The number of carboxylic acids is 1. The summed E-state index contributed by atoms with van der Waals surface area (Å²) < 4.78 is 45.2. The van der Waals surface area contributed by atoms with Gasteiger partial charge >= 0.3 is 12.1 Å². The lowest BCUT2D eigenvalue weighted by atomic mass is 9.92. The van der Waals surface area contributed by atoms with Crippen LogP contribution in [0.15, 0.2) is 52.1 Å². The van der Waals surface area contributed by atoms with Gasteiger partial charge in [-0.2, -0.15) is 13.2 Å². The molecule has 4 unspecified atom stereocenters. The van der Waals surface area contributed by atoms with Crippen molar-refractivity contribution in [3.63, 3.8) is 0 Å². The third kappa shape index (κ3) is 3.73. The Morgan fingerprint density at radius 3 is 2.52 bits per heavy atom. The number of amidine groups is 1. The molecule has 1 saturated carbocycles. The second kappa shape index (κ2) is 7.09. The van der Waals surface area contributed by atoms with E-state index in [0.717, 1.165) is 17.8 Å². The van der Waals surface area contributed by atoms with Crippen LogP contribution in [0.1, 0.15) is 24.4 Å². The highest BCUT2D eigenvalue weighted by molar-refractivity contribution is 6.43. The third-order valence-corrected chi connectivity index (χ3v) is 5.86. The third-order valence-electron chi connectivity index (χ3n) is 5.59. The maximum absolute atomic E-state index is 13.3. The second-order valence-corrected chi connectivity index (χ2v) is 7.78. The lowest BCUT2D eigenvalue weighted by Gasteiger charge is -2.40. The molecule has 29 heavy (non-hydrogen) atoms. The zero-order valence-corrected chi connectivity index (χ0v) is 16.1. The van der Waals surface area contributed by atoms with Crippen molar-refractivity contribution >= 4 is 23.4 Å². The molecular weight excluding hydrogens is 409 g/mol. The molecule has 4 atom stereocenters. The van der Waals surface area contributed by atoms with Crippen LogP contribution in [-0.4, -0.2) is 41.1 Å². The minimum Gasteiger partial charge on any atom is -0.497 e. The summed E-state index contributed by atoms with van der Waals surface area (Å²) in [7, 11) is 1.53. The van der Waals surface area contributed by atoms with Crippen molar-refractivity contribution in [3.05, 3.63) is 52.7 Å². The molecule has 0 spiro atoms. The first-order valence-corrected chi connectivity index (χ1v) is 9.46. The Kier molecular flexibility index (Phi) is 4.85. The zero-order chi connectivity index (χ0) is 20.9. The summed E-state index contributed by atoms with van der Waals surface area (Å²) in [5.74, 6) is -0.609. The van der Waals surface area contributed by atoms with Crippen LogP contribution in [0.25, 0.3) is 0 Å². The Bertz CT molecular complexity index is 924. The molecule has 0 radical (unpaired) electrons. The van der Waals surface area contributed by atoms with E-state index in [1.165, 1.54) is 12.0 Å². The molecule has 1 aromatic carbocycles. The van der Waals surface area contributed by atoms with Crippen LogP contribution in [0.2, 0.25) is 0 Å². The van der Waals surface area contributed by atoms with E-state index in [2.05, 4.69) is 4.99 Å². The molecule has 5 nitrogen and oxygen atoms in total. The summed E-state index contributed by atoms with van der Waals surface area (Å²) >= 11 is 6.19. The largest absolute Gasteiger partial charge is 0.497 e. The summed E-state index contributed by atoms with van der Waals surface area (Å²) in [6.45, 7) is 0. The van der Waals surface area contributed by atoms with Crippen molar-refractivity contribution in [2.75, 3.05) is 7.11 Å². The average molecular weight is 427 g/mol. The standard InChI is InChI=1S/C20H18ClF3N2O3/c1-29-12-4-2-10(3-5-12)17-8-16(13-7-14(13)19(27)28)25-18-15(21)6-11(9-26(17)18)20(22,23)24/h2-6,9,13-14,16-17H,7-8H2,1H3,(H,27,28). The van der Waals surface area contributed by atoms with Gasteiger partial charge in [0.25, 0.3) is 0 Å². The minimum atomic E-state index is -4.54. The maximum Gasteiger partial charge on any atom is 0.417 e. The summed E-state index contributed by atoms with van der Waals surface area (Å²) in [6.07, 6.45) is -1.74. The Morgan fingerprint density at radius 2 is 1.97 bits per heavy atom. The van der Waals surface area contributed by atoms with Crippen LogP contribution < -0.4 is 4.74 Å². The fraction of sp³-hybridized carbons (Fsp3) is 0.400. The van der Waals surface area contributed by atoms with Gasteiger partial charge in [-0.15, -0.1) is 0 Å². The monoisotopic (exact) mass is 426 g/mol. The van der Waals surface area contributed by atoms with Crippen molar-refractivity contribution < 1.29 is 27.8 Å². The average Bonchev–Trinajstić information content (AvgIpc) is 3.48. The summed E-state index contributed by atoms with van der Waals surface area (Å²) in [6, 6.07) is 6.29. The van der Waals surface area contributed by atoms with E-state index in [9.17, 15) is 23.1 Å². The second-order valence-electron chi connectivity index (χ2n) is 7.37. The highest BCUT2D eigenvalue weighted by atomic mass is 35.5. The van der Waals surface area contributed by atoms with Crippen LogP contribution in [0.4, 0.5) is 13.2 Å². The molecule has 0 amide bonds. The molecule has 1 aliphatic carbocycles. The van der Waals surface area contributed by atoms with Gasteiger partial charge in [0.05, 0.1) is 35.7 Å². The fourth-order valence-corrected chi connectivity index (χ4v) is 4.23. The number of hydrogen-bond donors (Lipinski definition) is 1. The maximum atomic E-state index is 13.3. The van der Waals surface area contributed by atoms with E-state index < -0.39 is 29.7 Å². The first kappa shape index (κ1) is 19.8. The topological polar surface area (TPSA) is 62.1 Å². The molecule has 1 N–H and O–H groups in total. The van der Waals surface area contributed by atoms with E-state index in [-0.39, 0.29) is 22.8 Å². The molecule has 1 fully saturated rings. The lowest BCUT2D eigenvalue weighted by molar-refractivity contribution is -0.139. The van der Waals surface area contributed by atoms with Gasteiger partial charge in [-0.25, -0.2) is 0 Å². The number of carboxylic acid groups (broad SMARTS) is 1. The van der Waals surface area contributed by atoms with E-state index in [4.69, 9.17) is 16.3 Å². The quantitative estimate of drug-likeness (QED) is 0.769. The number of fused-ring (bicyclic) bond motifs is 1. The highest BCUT2D eigenvalue weighted by Gasteiger charge is 2.51. The number of alkyl halides is 3. The van der Waals surface area contributed by atoms with Gasteiger partial charge in [0.2, 0.25) is 0 Å². The SMILES string of the molecule is COc1ccc(C2CC(C3CC3C(=O)O)N=C3C(Cl)=CC(C(F)(F)F)=CN32)cc1. The smallest absolute Gasteiger partial charge is 0.417 e. The molecule has 0 aromatic heterocycles. The summed E-state index contributed by atoms with van der Waals surface area (Å²) in [5.41, 5.74) is -0.0758. The molecule has 2 heterocycles. The van der Waals surface area contributed by atoms with Gasteiger partial charge in [0.15, 0.2) is 0 Å². The number of halogens is 4. The number of rotatable bonds is 4. The first-order chi connectivity index (χ1) is 13.7. The Hall–Kier alpha value is -2.48. The van der Waals surface area contributed by atoms with Gasteiger partial charge < -0.3 is 14.7 Å². The van der Waals surface area contributed by atoms with Gasteiger partial charge in [-0.1, -0.05) is 23.7 Å². The Balaban J connectivity index is 1.74. The number of hydrogen-bond acceptors (Lipinski definition) is 4. The molecular formula is C20H18ClF3N2O3. The van der Waals surface area contributed by atoms with Crippen molar-refractivity contribution in [2.24, 2.45) is 16.8 Å². The number of allylic oxidation sites excluding steroid dienone is 2. The molecule has 0 bridgehead atoms. The van der Waals surface area contributed by atoms with E-state index >= 15 is 0 Å². The van der Waals surface area contributed by atoms with E-state index in [1.807, 2.05) is 0 Å². The van der Waals surface area contributed by atoms with Crippen LogP contribution >= 0.6 is 11.6 Å². The predicted octanol–water partition coefficient (Wildman–Crippen LogP) is 4.51.